The van der Waals surface area contributed by atoms with Crippen molar-refractivity contribution in [2.24, 2.45) is 5.92 Å². The zero-order valence-electron chi connectivity index (χ0n) is 8.68. The molecule has 0 N–H and O–H groups in total. The Labute approximate surface area is 89.9 Å². The van der Waals surface area contributed by atoms with Gasteiger partial charge in [-0.15, -0.1) is 0 Å². The van der Waals surface area contributed by atoms with E-state index in [1.165, 1.54) is 0 Å². The molecule has 0 aliphatic rings. The van der Waals surface area contributed by atoms with Crippen molar-refractivity contribution in [3.8, 4) is 0 Å². The van der Waals surface area contributed by atoms with Gasteiger partial charge in [0.05, 0.1) is 0 Å². The van der Waals surface area contributed by atoms with Crippen LogP contribution in [0.2, 0.25) is 0 Å². The lowest BCUT2D eigenvalue weighted by atomic mass is 10.2. The third kappa shape index (κ3) is 5.69. The quantitative estimate of drug-likeness (QED) is 0.663. The summed E-state index contributed by atoms with van der Waals surface area (Å²) in [5.74, 6) is 0.610. The van der Waals surface area contributed by atoms with Crippen LogP contribution in [0.5, 0.6) is 0 Å². The smallest absolute Gasteiger partial charge is 0.0340 e. The molecule has 0 unspecified atom stereocenters. The Balaban J connectivity index is 4.32. The van der Waals surface area contributed by atoms with Crippen LogP contribution in [0.1, 0.15) is 20.8 Å². The molecule has 0 bridgehead atoms. The molecule has 0 atom stereocenters. The lowest BCUT2D eigenvalue weighted by molar-refractivity contribution is 0.408. The molecule has 0 spiro atoms. The molecular weight excluding hydrogens is 226 g/mol. The van der Waals surface area contributed by atoms with Crippen LogP contribution in [-0.2, 0) is 0 Å². The van der Waals surface area contributed by atoms with Crippen LogP contribution in [0.15, 0.2) is 35.6 Å². The summed E-state index contributed by atoms with van der Waals surface area (Å²) < 4.78 is 1.08. The van der Waals surface area contributed by atoms with E-state index in [4.69, 9.17) is 0 Å². The van der Waals surface area contributed by atoms with Crippen molar-refractivity contribution in [1.29, 1.82) is 0 Å². The summed E-state index contributed by atoms with van der Waals surface area (Å²) in [5.41, 5.74) is 0.970. The Morgan fingerprint density at radius 2 is 2.08 bits per heavy atom. The highest BCUT2D eigenvalue weighted by molar-refractivity contribution is 9.11. The van der Waals surface area contributed by atoms with Crippen molar-refractivity contribution >= 4 is 15.9 Å². The number of hydrogen-bond acceptors (Lipinski definition) is 1. The predicted molar refractivity (Wildman–Crippen MR) is 63.6 cm³/mol. The molecule has 0 saturated carbocycles. The molecule has 2 heteroatoms. The van der Waals surface area contributed by atoms with Crippen LogP contribution in [0.4, 0.5) is 0 Å². The number of nitrogens with zero attached hydrogens (tertiary/aromatic N) is 1. The van der Waals surface area contributed by atoms with Gasteiger partial charge in [-0.05, 0) is 29.6 Å². The minimum Gasteiger partial charge on any atom is -0.349 e. The van der Waals surface area contributed by atoms with Gasteiger partial charge in [0.2, 0.25) is 0 Å². The van der Waals surface area contributed by atoms with E-state index >= 15 is 0 Å². The second-order valence-corrected chi connectivity index (χ2v) is 4.70. The van der Waals surface area contributed by atoms with Crippen molar-refractivity contribution in [2.45, 2.75) is 20.8 Å². The molecule has 0 saturated heterocycles. The first kappa shape index (κ1) is 12.5. The second kappa shape index (κ2) is 6.03. The van der Waals surface area contributed by atoms with Gasteiger partial charge in [0.15, 0.2) is 0 Å². The van der Waals surface area contributed by atoms with Crippen molar-refractivity contribution in [3.05, 3.63) is 35.6 Å². The first-order chi connectivity index (χ1) is 5.97. The third-order valence-corrected chi connectivity index (χ3v) is 1.75. The maximum atomic E-state index is 3.97. The Bertz CT molecular complexity index is 212. The fourth-order valence-corrected chi connectivity index (χ4v) is 1.28. The number of hydrogen-bond donors (Lipinski definition) is 0. The molecule has 0 aromatic heterocycles. The third-order valence-electron chi connectivity index (χ3n) is 1.52. The molecule has 1 nitrogen and oxygen atoms in total. The SMILES string of the molecule is C=CN(CC(C)C)C(=C)/C=C(\C)Br. The topological polar surface area (TPSA) is 3.24 Å². The van der Waals surface area contributed by atoms with Gasteiger partial charge in [-0.1, -0.05) is 42.9 Å². The Morgan fingerprint density at radius 3 is 2.38 bits per heavy atom. The molecule has 0 heterocycles. The van der Waals surface area contributed by atoms with E-state index in [2.05, 4.69) is 47.8 Å². The predicted octanol–water partition coefficient (Wildman–Crippen LogP) is 3.90. The summed E-state index contributed by atoms with van der Waals surface area (Å²) in [4.78, 5) is 2.05. The molecule has 0 aliphatic heterocycles. The molecule has 74 valence electrons. The molecule has 0 aromatic rings. The van der Waals surface area contributed by atoms with Crippen LogP contribution >= 0.6 is 15.9 Å². The van der Waals surface area contributed by atoms with Gasteiger partial charge < -0.3 is 4.90 Å². The molecular formula is C11H18BrN. The maximum absolute atomic E-state index is 3.97. The van der Waals surface area contributed by atoms with Crippen molar-refractivity contribution in [2.75, 3.05) is 6.54 Å². The molecule has 0 fully saturated rings. The second-order valence-electron chi connectivity index (χ2n) is 3.45. The van der Waals surface area contributed by atoms with Gasteiger partial charge in [0, 0.05) is 12.2 Å². The fraction of sp³-hybridized carbons (Fsp3) is 0.455. The molecule has 13 heavy (non-hydrogen) atoms. The molecule has 0 aromatic carbocycles. The highest BCUT2D eigenvalue weighted by Gasteiger charge is 2.03. The Morgan fingerprint density at radius 1 is 1.54 bits per heavy atom. The van der Waals surface area contributed by atoms with Crippen molar-refractivity contribution < 1.29 is 0 Å². The molecule has 0 rings (SSSR count). The highest BCUT2D eigenvalue weighted by Crippen LogP contribution is 2.12. The van der Waals surface area contributed by atoms with E-state index in [1.807, 2.05) is 19.2 Å². The van der Waals surface area contributed by atoms with Crippen LogP contribution in [0, 0.1) is 5.92 Å². The summed E-state index contributed by atoms with van der Waals surface area (Å²) >= 11 is 3.38. The summed E-state index contributed by atoms with van der Waals surface area (Å²) in [6.45, 7) is 15.0. The number of halogens is 1. The summed E-state index contributed by atoms with van der Waals surface area (Å²) in [7, 11) is 0. The minimum atomic E-state index is 0.610. The zero-order chi connectivity index (χ0) is 10.4. The van der Waals surface area contributed by atoms with Crippen LogP contribution in [0.25, 0.3) is 0 Å². The van der Waals surface area contributed by atoms with E-state index in [9.17, 15) is 0 Å². The minimum absolute atomic E-state index is 0.610. The van der Waals surface area contributed by atoms with Gasteiger partial charge in [-0.25, -0.2) is 0 Å². The van der Waals surface area contributed by atoms with E-state index < -0.39 is 0 Å². The first-order valence-electron chi connectivity index (χ1n) is 4.39. The average molecular weight is 244 g/mol. The van der Waals surface area contributed by atoms with Gasteiger partial charge in [0.25, 0.3) is 0 Å². The van der Waals surface area contributed by atoms with E-state index in [1.54, 1.807) is 0 Å². The summed E-state index contributed by atoms with van der Waals surface area (Å²) in [6.07, 6.45) is 3.80. The Hall–Kier alpha value is -0.500. The van der Waals surface area contributed by atoms with E-state index in [0.717, 1.165) is 16.7 Å². The molecule has 0 aliphatic carbocycles. The lowest BCUT2D eigenvalue weighted by Gasteiger charge is -2.22. The number of rotatable bonds is 5. The summed E-state index contributed by atoms with van der Waals surface area (Å²) in [5, 5.41) is 0. The van der Waals surface area contributed by atoms with E-state index in [-0.39, 0.29) is 0 Å². The van der Waals surface area contributed by atoms with Gasteiger partial charge >= 0.3 is 0 Å². The van der Waals surface area contributed by atoms with Crippen LogP contribution in [0.3, 0.4) is 0 Å². The Kier molecular flexibility index (Phi) is 5.80. The van der Waals surface area contributed by atoms with Crippen molar-refractivity contribution in [3.63, 3.8) is 0 Å². The molecule has 0 amide bonds. The molecule has 0 radical (unpaired) electrons. The van der Waals surface area contributed by atoms with Gasteiger partial charge in [-0.2, -0.15) is 0 Å². The largest absolute Gasteiger partial charge is 0.349 e. The monoisotopic (exact) mass is 243 g/mol. The first-order valence-corrected chi connectivity index (χ1v) is 5.18. The standard InChI is InChI=1S/C11H18BrN/c1-6-13(8-9(2)3)11(5)7-10(4)12/h6-7,9H,1,5,8H2,2-4H3/b10-7+. The summed E-state index contributed by atoms with van der Waals surface area (Å²) in [6, 6.07) is 0. The van der Waals surface area contributed by atoms with Gasteiger partial charge in [-0.3, -0.25) is 0 Å². The maximum Gasteiger partial charge on any atom is 0.0340 e. The van der Waals surface area contributed by atoms with Gasteiger partial charge in [0.1, 0.15) is 0 Å². The lowest BCUT2D eigenvalue weighted by Crippen LogP contribution is -2.19. The van der Waals surface area contributed by atoms with Crippen molar-refractivity contribution in [1.82, 2.24) is 4.90 Å². The van der Waals surface area contributed by atoms with Crippen LogP contribution in [-0.4, -0.2) is 11.4 Å². The fourth-order valence-electron chi connectivity index (χ4n) is 1.01. The van der Waals surface area contributed by atoms with E-state index in [0.29, 0.717) is 5.92 Å². The number of allylic oxidation sites excluding steroid dienone is 2. The average Bonchev–Trinajstić information content (AvgIpc) is 1.98. The zero-order valence-corrected chi connectivity index (χ0v) is 10.3. The van der Waals surface area contributed by atoms with Crippen LogP contribution < -0.4 is 0 Å². The normalized spacial score (nSPS) is 11.6. The highest BCUT2D eigenvalue weighted by atomic mass is 79.9.